The van der Waals surface area contributed by atoms with Gasteiger partial charge < -0.3 is 14.4 Å². The zero-order valence-electron chi connectivity index (χ0n) is 14.0. The van der Waals surface area contributed by atoms with Crippen molar-refractivity contribution in [1.82, 2.24) is 0 Å². The van der Waals surface area contributed by atoms with Crippen LogP contribution in [0.5, 0.6) is 0 Å². The van der Waals surface area contributed by atoms with E-state index in [1.807, 2.05) is 36.4 Å². The van der Waals surface area contributed by atoms with Gasteiger partial charge in [0.25, 0.3) is 0 Å². The van der Waals surface area contributed by atoms with Crippen LogP contribution in [-0.4, -0.2) is 33.3 Å². The molecule has 0 spiro atoms. The van der Waals surface area contributed by atoms with Crippen LogP contribution in [0.4, 0.5) is 5.00 Å². The number of nitrogens with zero attached hydrogens (tertiary/aromatic N) is 1. The molecule has 1 aromatic heterocycles. The Kier molecular flexibility index (Phi) is 6.19. The molecule has 0 amide bonds. The Labute approximate surface area is 141 Å². The molecule has 2 rings (SSSR count). The van der Waals surface area contributed by atoms with Crippen molar-refractivity contribution in [3.8, 4) is 0 Å². The number of hydrogen-bond donors (Lipinski definition) is 0. The lowest BCUT2D eigenvalue weighted by atomic mass is 10.1. The van der Waals surface area contributed by atoms with E-state index in [2.05, 4.69) is 18.7 Å². The Balaban J connectivity index is 2.48. The highest BCUT2D eigenvalue weighted by Gasteiger charge is 2.24. The van der Waals surface area contributed by atoms with E-state index in [-0.39, 0.29) is 12.1 Å². The monoisotopic (exact) mass is 333 g/mol. The number of ether oxygens (including phenoxy) is 2. The molecule has 0 saturated carbocycles. The van der Waals surface area contributed by atoms with Crippen LogP contribution in [0, 0.1) is 0 Å². The summed E-state index contributed by atoms with van der Waals surface area (Å²) in [5.41, 5.74) is 1.67. The number of rotatable bonds is 7. The van der Waals surface area contributed by atoms with Gasteiger partial charge in [0.2, 0.25) is 0 Å². The van der Waals surface area contributed by atoms with Crippen LogP contribution >= 0.6 is 11.3 Å². The third kappa shape index (κ3) is 3.74. The van der Waals surface area contributed by atoms with Crippen LogP contribution in [-0.2, 0) is 9.47 Å². The SMILES string of the molecule is CCN(CC)c1sc(C(OC)c2ccccc2)cc1C(=O)OC. The van der Waals surface area contributed by atoms with Crippen molar-refractivity contribution >= 4 is 22.3 Å². The molecular formula is C18H23NO3S. The van der Waals surface area contributed by atoms with E-state index in [0.29, 0.717) is 5.56 Å². The summed E-state index contributed by atoms with van der Waals surface area (Å²) in [6.45, 7) is 5.83. The Bertz CT molecular complexity index is 635. The maximum Gasteiger partial charge on any atom is 0.340 e. The lowest BCUT2D eigenvalue weighted by Gasteiger charge is -2.20. The van der Waals surface area contributed by atoms with E-state index in [1.54, 1.807) is 18.4 Å². The highest BCUT2D eigenvalue weighted by atomic mass is 32.1. The van der Waals surface area contributed by atoms with E-state index in [4.69, 9.17) is 9.47 Å². The highest BCUT2D eigenvalue weighted by molar-refractivity contribution is 7.16. The lowest BCUT2D eigenvalue weighted by Crippen LogP contribution is -2.22. The van der Waals surface area contributed by atoms with E-state index in [0.717, 1.165) is 28.5 Å². The summed E-state index contributed by atoms with van der Waals surface area (Å²) in [6, 6.07) is 11.9. The van der Waals surface area contributed by atoms with Crippen LogP contribution in [0.1, 0.15) is 40.8 Å². The van der Waals surface area contributed by atoms with Crippen LogP contribution in [0.2, 0.25) is 0 Å². The van der Waals surface area contributed by atoms with Crippen molar-refractivity contribution in [1.29, 1.82) is 0 Å². The number of carbonyl (C=O) groups is 1. The minimum atomic E-state index is -0.308. The second-order valence-corrected chi connectivity index (χ2v) is 6.12. The van der Waals surface area contributed by atoms with Gasteiger partial charge in [0.05, 0.1) is 12.7 Å². The first-order chi connectivity index (χ1) is 11.2. The fourth-order valence-corrected chi connectivity index (χ4v) is 3.95. The minimum Gasteiger partial charge on any atom is -0.465 e. The average molecular weight is 333 g/mol. The first-order valence-corrected chi connectivity index (χ1v) is 8.52. The van der Waals surface area contributed by atoms with Crippen molar-refractivity contribution < 1.29 is 14.3 Å². The smallest absolute Gasteiger partial charge is 0.340 e. The average Bonchev–Trinajstić information content (AvgIpc) is 3.02. The topological polar surface area (TPSA) is 38.8 Å². The van der Waals surface area contributed by atoms with Gasteiger partial charge in [0.1, 0.15) is 11.1 Å². The predicted molar refractivity (Wildman–Crippen MR) is 94.5 cm³/mol. The molecule has 0 fully saturated rings. The van der Waals surface area contributed by atoms with E-state index >= 15 is 0 Å². The first kappa shape index (κ1) is 17.5. The molecule has 5 heteroatoms. The molecule has 4 nitrogen and oxygen atoms in total. The Morgan fingerprint density at radius 1 is 1.17 bits per heavy atom. The molecule has 124 valence electrons. The van der Waals surface area contributed by atoms with Gasteiger partial charge in [-0.15, -0.1) is 11.3 Å². The molecule has 1 atom stereocenters. The summed E-state index contributed by atoms with van der Waals surface area (Å²) >= 11 is 1.59. The Morgan fingerprint density at radius 2 is 1.83 bits per heavy atom. The number of benzene rings is 1. The number of thiophene rings is 1. The van der Waals surface area contributed by atoms with Gasteiger partial charge in [-0.2, -0.15) is 0 Å². The molecule has 0 radical (unpaired) electrons. The molecule has 1 unspecified atom stereocenters. The van der Waals surface area contributed by atoms with E-state index < -0.39 is 0 Å². The van der Waals surface area contributed by atoms with Crippen molar-refractivity contribution in [3.63, 3.8) is 0 Å². The fourth-order valence-electron chi connectivity index (χ4n) is 2.58. The molecule has 0 aliphatic rings. The summed E-state index contributed by atoms with van der Waals surface area (Å²) in [4.78, 5) is 15.3. The van der Waals surface area contributed by atoms with Crippen LogP contribution < -0.4 is 4.90 Å². The molecular weight excluding hydrogens is 310 g/mol. The third-order valence-electron chi connectivity index (χ3n) is 3.78. The van der Waals surface area contributed by atoms with Crippen molar-refractivity contribution in [2.75, 3.05) is 32.2 Å². The normalized spacial score (nSPS) is 12.0. The first-order valence-electron chi connectivity index (χ1n) is 7.70. The zero-order chi connectivity index (χ0) is 16.8. The largest absolute Gasteiger partial charge is 0.465 e. The molecule has 0 saturated heterocycles. The summed E-state index contributed by atoms with van der Waals surface area (Å²) in [6.07, 6.45) is -0.186. The van der Waals surface area contributed by atoms with Gasteiger partial charge in [-0.05, 0) is 25.5 Å². The standard InChI is InChI=1S/C18H23NO3S/c1-5-19(6-2)17-14(18(20)22-4)12-15(23-17)16(21-3)13-10-8-7-9-11-13/h7-12,16H,5-6H2,1-4H3. The summed E-state index contributed by atoms with van der Waals surface area (Å²) < 4.78 is 10.6. The molecule has 1 heterocycles. The predicted octanol–water partition coefficient (Wildman–Crippen LogP) is 4.12. The van der Waals surface area contributed by atoms with Gasteiger partial charge in [-0.25, -0.2) is 4.79 Å². The quantitative estimate of drug-likeness (QED) is 0.715. The number of esters is 1. The van der Waals surface area contributed by atoms with Crippen LogP contribution in [0.25, 0.3) is 0 Å². The van der Waals surface area contributed by atoms with Gasteiger partial charge in [-0.1, -0.05) is 30.3 Å². The molecule has 0 aliphatic carbocycles. The highest BCUT2D eigenvalue weighted by Crippen LogP contribution is 2.38. The number of carbonyl (C=O) groups excluding carboxylic acids is 1. The summed E-state index contributed by atoms with van der Waals surface area (Å²) in [5, 5.41) is 0.940. The van der Waals surface area contributed by atoms with Crippen LogP contribution in [0.3, 0.4) is 0 Å². The number of anilines is 1. The second kappa shape index (κ2) is 8.13. The minimum absolute atomic E-state index is 0.186. The third-order valence-corrected chi connectivity index (χ3v) is 5.02. The summed E-state index contributed by atoms with van der Waals surface area (Å²) in [7, 11) is 3.10. The fraction of sp³-hybridized carbons (Fsp3) is 0.389. The Hall–Kier alpha value is -1.85. The molecule has 0 bridgehead atoms. The maximum absolute atomic E-state index is 12.1. The zero-order valence-corrected chi connectivity index (χ0v) is 14.9. The lowest BCUT2D eigenvalue weighted by molar-refractivity contribution is 0.0601. The van der Waals surface area contributed by atoms with Crippen molar-refractivity contribution in [3.05, 3.63) is 52.4 Å². The van der Waals surface area contributed by atoms with Gasteiger partial charge in [0, 0.05) is 25.1 Å². The van der Waals surface area contributed by atoms with Crippen LogP contribution in [0.15, 0.2) is 36.4 Å². The molecule has 0 N–H and O–H groups in total. The number of methoxy groups -OCH3 is 2. The van der Waals surface area contributed by atoms with Crippen molar-refractivity contribution in [2.45, 2.75) is 20.0 Å². The molecule has 1 aromatic carbocycles. The maximum atomic E-state index is 12.1. The second-order valence-electron chi connectivity index (χ2n) is 5.06. The van der Waals surface area contributed by atoms with Gasteiger partial charge in [0.15, 0.2) is 0 Å². The van der Waals surface area contributed by atoms with Crippen molar-refractivity contribution in [2.24, 2.45) is 0 Å². The van der Waals surface area contributed by atoms with E-state index in [1.165, 1.54) is 7.11 Å². The molecule has 2 aromatic rings. The number of hydrogen-bond acceptors (Lipinski definition) is 5. The van der Waals surface area contributed by atoms with Gasteiger partial charge >= 0.3 is 5.97 Å². The summed E-state index contributed by atoms with van der Waals surface area (Å²) in [5.74, 6) is -0.308. The van der Waals surface area contributed by atoms with E-state index in [9.17, 15) is 4.79 Å². The molecule has 23 heavy (non-hydrogen) atoms. The Morgan fingerprint density at radius 3 is 2.35 bits per heavy atom. The van der Waals surface area contributed by atoms with Gasteiger partial charge in [-0.3, -0.25) is 0 Å². The molecule has 0 aliphatic heterocycles.